The molecule has 1 amide bonds. The van der Waals surface area contributed by atoms with Crippen molar-refractivity contribution in [3.8, 4) is 5.75 Å². The molecule has 138 valence electrons. The summed E-state index contributed by atoms with van der Waals surface area (Å²) in [6, 6.07) is 8.08. The monoisotopic (exact) mass is 354 g/mol. The van der Waals surface area contributed by atoms with Crippen LogP contribution in [0.4, 0.5) is 5.69 Å². The third-order valence-electron chi connectivity index (χ3n) is 5.51. The molecule has 0 saturated carbocycles. The van der Waals surface area contributed by atoms with Gasteiger partial charge in [-0.3, -0.25) is 9.78 Å². The highest BCUT2D eigenvalue weighted by Gasteiger charge is 2.28. The number of carbonyl (C=O) groups excluding carboxylic acids is 1. The Hall–Kier alpha value is -2.34. The zero-order valence-corrected chi connectivity index (χ0v) is 15.3. The van der Waals surface area contributed by atoms with E-state index in [0.717, 1.165) is 68.8 Å². The van der Waals surface area contributed by atoms with Crippen molar-refractivity contribution in [2.45, 2.75) is 12.8 Å². The smallest absolute Gasteiger partial charge is 0.227 e. The number of benzene rings is 1. The van der Waals surface area contributed by atoms with E-state index in [2.05, 4.69) is 27.3 Å². The summed E-state index contributed by atoms with van der Waals surface area (Å²) >= 11 is 0. The van der Waals surface area contributed by atoms with Crippen LogP contribution in [-0.4, -0.2) is 62.2 Å². The molecule has 26 heavy (non-hydrogen) atoms. The van der Waals surface area contributed by atoms with Crippen molar-refractivity contribution in [2.75, 3.05) is 51.3 Å². The van der Waals surface area contributed by atoms with E-state index in [1.807, 2.05) is 23.2 Å². The summed E-state index contributed by atoms with van der Waals surface area (Å²) in [6.45, 7) is 5.16. The minimum atomic E-state index is 0.157. The van der Waals surface area contributed by atoms with Crippen LogP contribution >= 0.6 is 0 Å². The quantitative estimate of drug-likeness (QED) is 0.912. The Balaban J connectivity index is 1.46. The van der Waals surface area contributed by atoms with Gasteiger partial charge in [0.05, 0.1) is 18.5 Å². The van der Waals surface area contributed by atoms with E-state index in [1.54, 1.807) is 7.11 Å². The molecule has 1 aromatic carbocycles. The maximum atomic E-state index is 12.7. The van der Waals surface area contributed by atoms with Gasteiger partial charge in [0.2, 0.25) is 5.91 Å². The number of nitrogens with zero attached hydrogens (tertiary/aromatic N) is 3. The fourth-order valence-corrected chi connectivity index (χ4v) is 4.00. The first kappa shape index (κ1) is 17.1. The van der Waals surface area contributed by atoms with Crippen molar-refractivity contribution in [3.05, 3.63) is 30.5 Å². The number of rotatable bonds is 3. The topological polar surface area (TPSA) is 57.7 Å². The Morgan fingerprint density at radius 1 is 1.23 bits per heavy atom. The summed E-state index contributed by atoms with van der Waals surface area (Å²) in [6.07, 6.45) is 3.97. The number of aromatic nitrogens is 1. The van der Waals surface area contributed by atoms with E-state index in [1.165, 1.54) is 5.69 Å². The molecule has 2 saturated heterocycles. The second-order valence-corrected chi connectivity index (χ2v) is 7.07. The average Bonchev–Trinajstić information content (AvgIpc) is 2.73. The Bertz CT molecular complexity index is 780. The molecule has 2 aliphatic rings. The molecule has 6 nitrogen and oxygen atoms in total. The number of anilines is 1. The maximum Gasteiger partial charge on any atom is 0.227 e. The van der Waals surface area contributed by atoms with Crippen LogP contribution in [0.3, 0.4) is 0 Å². The van der Waals surface area contributed by atoms with E-state index in [9.17, 15) is 4.79 Å². The van der Waals surface area contributed by atoms with E-state index in [0.29, 0.717) is 5.91 Å². The lowest BCUT2D eigenvalue weighted by molar-refractivity contribution is -0.136. The van der Waals surface area contributed by atoms with Gasteiger partial charge in [-0.15, -0.1) is 0 Å². The molecule has 2 aromatic rings. The fraction of sp³-hybridized carbons (Fsp3) is 0.500. The van der Waals surface area contributed by atoms with E-state index >= 15 is 0 Å². The zero-order chi connectivity index (χ0) is 17.9. The van der Waals surface area contributed by atoms with Crippen LogP contribution in [0.5, 0.6) is 5.75 Å². The zero-order valence-electron chi connectivity index (χ0n) is 15.3. The minimum absolute atomic E-state index is 0.157. The van der Waals surface area contributed by atoms with Crippen molar-refractivity contribution >= 4 is 22.5 Å². The number of methoxy groups -OCH3 is 1. The predicted octanol–water partition coefficient (Wildman–Crippen LogP) is 1.89. The molecule has 1 unspecified atom stereocenters. The molecule has 0 spiro atoms. The second kappa shape index (κ2) is 7.50. The predicted molar refractivity (Wildman–Crippen MR) is 103 cm³/mol. The first-order chi connectivity index (χ1) is 12.8. The summed E-state index contributed by atoms with van der Waals surface area (Å²) in [4.78, 5) is 21.6. The highest BCUT2D eigenvalue weighted by molar-refractivity contribution is 5.92. The summed E-state index contributed by atoms with van der Waals surface area (Å²) in [5.41, 5.74) is 2.12. The highest BCUT2D eigenvalue weighted by Crippen LogP contribution is 2.29. The van der Waals surface area contributed by atoms with Crippen LogP contribution in [0.15, 0.2) is 30.5 Å². The summed E-state index contributed by atoms with van der Waals surface area (Å²) in [5, 5.41) is 4.47. The van der Waals surface area contributed by atoms with Gasteiger partial charge in [0.25, 0.3) is 0 Å². The molecule has 4 rings (SSSR count). The number of amides is 1. The van der Waals surface area contributed by atoms with Crippen LogP contribution in [-0.2, 0) is 4.79 Å². The highest BCUT2D eigenvalue weighted by atomic mass is 16.5. The van der Waals surface area contributed by atoms with Crippen molar-refractivity contribution in [2.24, 2.45) is 5.92 Å². The number of hydrogen-bond acceptors (Lipinski definition) is 5. The Labute approximate surface area is 154 Å². The Morgan fingerprint density at radius 3 is 2.81 bits per heavy atom. The van der Waals surface area contributed by atoms with Gasteiger partial charge >= 0.3 is 0 Å². The number of piperazine rings is 1. The Morgan fingerprint density at radius 2 is 2.08 bits per heavy atom. The van der Waals surface area contributed by atoms with Gasteiger partial charge in [0, 0.05) is 56.1 Å². The number of fused-ring (bicyclic) bond motifs is 1. The summed E-state index contributed by atoms with van der Waals surface area (Å²) < 4.78 is 5.30. The lowest BCUT2D eigenvalue weighted by atomic mass is 9.98. The van der Waals surface area contributed by atoms with Gasteiger partial charge in [-0.05, 0) is 37.6 Å². The van der Waals surface area contributed by atoms with Crippen LogP contribution in [0.1, 0.15) is 12.8 Å². The minimum Gasteiger partial charge on any atom is -0.497 e. The average molecular weight is 354 g/mol. The molecule has 2 aliphatic heterocycles. The van der Waals surface area contributed by atoms with Gasteiger partial charge in [0.1, 0.15) is 5.75 Å². The van der Waals surface area contributed by atoms with Crippen LogP contribution in [0.2, 0.25) is 0 Å². The maximum absolute atomic E-state index is 12.7. The van der Waals surface area contributed by atoms with Gasteiger partial charge < -0.3 is 19.9 Å². The number of carbonyl (C=O) groups is 1. The van der Waals surface area contributed by atoms with Crippen molar-refractivity contribution in [1.82, 2.24) is 15.2 Å². The standard InChI is InChI=1S/C20H26N4O2/c1-26-16-4-5-17-18(13-16)22-8-6-19(17)23-9-11-24(12-10-23)20(25)15-3-2-7-21-14-15/h4-6,8,13,15,21H,2-3,7,9-12,14H2,1H3. The molecular formula is C20H26N4O2. The van der Waals surface area contributed by atoms with Crippen LogP contribution < -0.4 is 15.0 Å². The molecule has 1 aromatic heterocycles. The van der Waals surface area contributed by atoms with Gasteiger partial charge in [-0.1, -0.05) is 0 Å². The SMILES string of the molecule is COc1ccc2c(N3CCN(C(=O)C4CCCNC4)CC3)ccnc2c1. The lowest BCUT2D eigenvalue weighted by Gasteiger charge is -2.38. The number of piperidine rings is 1. The molecule has 0 radical (unpaired) electrons. The summed E-state index contributed by atoms with van der Waals surface area (Å²) in [5.74, 6) is 1.30. The number of hydrogen-bond donors (Lipinski definition) is 1. The normalized spacial score (nSPS) is 21.0. The number of pyridine rings is 1. The van der Waals surface area contributed by atoms with Gasteiger partial charge in [-0.2, -0.15) is 0 Å². The second-order valence-electron chi connectivity index (χ2n) is 7.07. The molecule has 2 fully saturated rings. The molecule has 3 heterocycles. The number of ether oxygens (including phenoxy) is 1. The van der Waals surface area contributed by atoms with Crippen molar-refractivity contribution < 1.29 is 9.53 Å². The molecule has 0 aliphatic carbocycles. The molecular weight excluding hydrogens is 328 g/mol. The van der Waals surface area contributed by atoms with E-state index in [4.69, 9.17) is 4.74 Å². The van der Waals surface area contributed by atoms with Gasteiger partial charge in [-0.25, -0.2) is 0 Å². The lowest BCUT2D eigenvalue weighted by Crippen LogP contribution is -2.52. The molecule has 1 N–H and O–H groups in total. The summed E-state index contributed by atoms with van der Waals surface area (Å²) in [7, 11) is 1.67. The van der Waals surface area contributed by atoms with E-state index < -0.39 is 0 Å². The van der Waals surface area contributed by atoms with Crippen LogP contribution in [0, 0.1) is 5.92 Å². The first-order valence-electron chi connectivity index (χ1n) is 9.43. The first-order valence-corrected chi connectivity index (χ1v) is 9.43. The number of nitrogens with one attached hydrogen (secondary N) is 1. The van der Waals surface area contributed by atoms with Crippen LogP contribution in [0.25, 0.3) is 10.9 Å². The largest absolute Gasteiger partial charge is 0.497 e. The van der Waals surface area contributed by atoms with Crippen molar-refractivity contribution in [1.29, 1.82) is 0 Å². The third-order valence-corrected chi connectivity index (χ3v) is 5.51. The molecule has 6 heteroatoms. The fourth-order valence-electron chi connectivity index (χ4n) is 4.00. The van der Waals surface area contributed by atoms with Gasteiger partial charge in [0.15, 0.2) is 0 Å². The Kier molecular flexibility index (Phi) is 4.93. The van der Waals surface area contributed by atoms with Crippen molar-refractivity contribution in [3.63, 3.8) is 0 Å². The van der Waals surface area contributed by atoms with E-state index in [-0.39, 0.29) is 5.92 Å². The molecule has 0 bridgehead atoms. The third kappa shape index (κ3) is 3.33. The molecule has 1 atom stereocenters.